The van der Waals surface area contributed by atoms with Crippen LogP contribution in [0.1, 0.15) is 85.1 Å². The maximum absolute atomic E-state index is 13.9. The van der Waals surface area contributed by atoms with Gasteiger partial charge >= 0.3 is 0 Å². The number of hydrogen-bond donors (Lipinski definition) is 7. The van der Waals surface area contributed by atoms with Crippen LogP contribution in [0.25, 0.3) is 0 Å². The van der Waals surface area contributed by atoms with E-state index in [1.165, 1.54) is 45.3 Å². The number of thioether (sulfide) groups is 1. The van der Waals surface area contributed by atoms with Crippen molar-refractivity contribution in [2.75, 3.05) is 6.26 Å². The van der Waals surface area contributed by atoms with Crippen LogP contribution < -0.4 is 5.32 Å². The van der Waals surface area contributed by atoms with Crippen molar-refractivity contribution in [2.45, 2.75) is 79.8 Å². The Balaban J connectivity index is 2.28. The number of carbonyl (C=O) groups is 4. The second-order valence-corrected chi connectivity index (χ2v) is 14.0. The molecule has 3 aliphatic rings. The number of aromatic hydroxyl groups is 2. The van der Waals surface area contributed by atoms with Crippen LogP contribution in [0.5, 0.6) is 11.5 Å². The maximum Gasteiger partial charge on any atom is 0.251 e. The standard InChI is InChI=1S/C36H47NO10S/c1-14-11-10-12-15(2)36(47)37-25-33(45)24-22(34(46)35(25)48-9)23(31(43)21(8)32(24)44)28(40)17(4)13-16(3)27(39)19(6)30(42)20(7)29(41)18(5)26(14)38/h10-14,16,18-20,26-27,29-30,38-39,41-44H,1-9H3,(H,37,47). The molecule has 0 saturated carbocycles. The Bertz CT molecular complexity index is 1620. The minimum absolute atomic E-state index is 0.00493. The lowest BCUT2D eigenvalue weighted by Gasteiger charge is -2.36. The molecular weight excluding hydrogens is 638 g/mol. The molecule has 0 aromatic heterocycles. The molecule has 4 rings (SSSR count). The molecule has 12 heteroatoms. The lowest BCUT2D eigenvalue weighted by atomic mass is 9.77. The van der Waals surface area contributed by atoms with Gasteiger partial charge in [-0.25, -0.2) is 0 Å². The minimum atomic E-state index is -1.21. The molecule has 1 aromatic rings. The number of benzene rings is 1. The van der Waals surface area contributed by atoms with Gasteiger partial charge < -0.3 is 36.0 Å². The van der Waals surface area contributed by atoms with E-state index in [1.807, 2.05) is 0 Å². The topological polar surface area (TPSA) is 202 Å². The number of aliphatic hydroxyl groups excluding tert-OH is 4. The number of nitrogens with one attached hydrogen (secondary N) is 1. The third-order valence-corrected chi connectivity index (χ3v) is 10.6. The van der Waals surface area contributed by atoms with Crippen LogP contribution in [0.15, 0.2) is 46.1 Å². The largest absolute Gasteiger partial charge is 0.507 e. The summed E-state index contributed by atoms with van der Waals surface area (Å²) < 4.78 is 0. The fraction of sp³-hybridized carbons (Fsp3) is 0.500. The van der Waals surface area contributed by atoms with E-state index in [4.69, 9.17) is 0 Å². The zero-order chi connectivity index (χ0) is 36.5. The number of phenols is 2. The van der Waals surface area contributed by atoms with E-state index in [0.29, 0.717) is 0 Å². The maximum atomic E-state index is 13.9. The quantitative estimate of drug-likeness (QED) is 0.227. The zero-order valence-corrected chi connectivity index (χ0v) is 29.5. The van der Waals surface area contributed by atoms with Crippen LogP contribution in [0.2, 0.25) is 0 Å². The Morgan fingerprint density at radius 1 is 0.646 bits per heavy atom. The van der Waals surface area contributed by atoms with E-state index in [1.54, 1.807) is 40.7 Å². The van der Waals surface area contributed by atoms with Crippen molar-refractivity contribution in [1.29, 1.82) is 0 Å². The number of ketones is 3. The number of phenolic OH excluding ortho intramolecular Hbond substituents is 2. The third-order valence-electron chi connectivity index (χ3n) is 9.77. The van der Waals surface area contributed by atoms with Crippen LogP contribution in [-0.2, 0) is 4.79 Å². The number of aliphatic hydroxyl groups is 4. The molecule has 2 aliphatic heterocycles. The number of amides is 1. The van der Waals surface area contributed by atoms with Gasteiger partial charge in [0.15, 0.2) is 5.78 Å². The number of carbonyl (C=O) groups excluding carboxylic acids is 4. The van der Waals surface area contributed by atoms with Gasteiger partial charge in [0.25, 0.3) is 5.91 Å². The lowest BCUT2D eigenvalue weighted by molar-refractivity contribution is -0.116. The first-order valence-electron chi connectivity index (χ1n) is 15.9. The summed E-state index contributed by atoms with van der Waals surface area (Å²) in [5, 5.41) is 69.0. The van der Waals surface area contributed by atoms with E-state index in [0.717, 1.165) is 11.8 Å². The highest BCUT2D eigenvalue weighted by molar-refractivity contribution is 8.03. The predicted molar refractivity (Wildman–Crippen MR) is 183 cm³/mol. The summed E-state index contributed by atoms with van der Waals surface area (Å²) in [6, 6.07) is 0. The van der Waals surface area contributed by atoms with E-state index in [9.17, 15) is 49.8 Å². The summed E-state index contributed by atoms with van der Waals surface area (Å²) in [7, 11) is 0. The highest BCUT2D eigenvalue weighted by Crippen LogP contribution is 2.44. The second-order valence-electron chi connectivity index (χ2n) is 13.1. The number of rotatable bonds is 1. The van der Waals surface area contributed by atoms with Crippen molar-refractivity contribution in [3.05, 3.63) is 68.3 Å². The van der Waals surface area contributed by atoms with Gasteiger partial charge in [-0.05, 0) is 32.6 Å². The fourth-order valence-corrected chi connectivity index (χ4v) is 6.98. The van der Waals surface area contributed by atoms with E-state index in [2.05, 4.69) is 5.32 Å². The summed E-state index contributed by atoms with van der Waals surface area (Å²) in [6.45, 7) is 12.4. The van der Waals surface area contributed by atoms with Gasteiger partial charge in [0.05, 0.1) is 46.0 Å². The van der Waals surface area contributed by atoms with E-state index < -0.39 is 111 Å². The van der Waals surface area contributed by atoms with Crippen LogP contribution in [0.3, 0.4) is 0 Å². The Hall–Kier alpha value is -3.55. The van der Waals surface area contributed by atoms with Crippen molar-refractivity contribution in [1.82, 2.24) is 5.32 Å². The molecule has 0 radical (unpaired) electrons. The van der Waals surface area contributed by atoms with Crippen LogP contribution >= 0.6 is 11.8 Å². The van der Waals surface area contributed by atoms with Crippen molar-refractivity contribution in [3.63, 3.8) is 0 Å². The second kappa shape index (κ2) is 15.3. The third kappa shape index (κ3) is 7.23. The van der Waals surface area contributed by atoms with Gasteiger partial charge in [0.2, 0.25) is 11.6 Å². The Kier molecular flexibility index (Phi) is 12.4. The first kappa shape index (κ1) is 38.9. The van der Waals surface area contributed by atoms with Gasteiger partial charge in [0.1, 0.15) is 17.2 Å². The monoisotopic (exact) mass is 685 g/mol. The van der Waals surface area contributed by atoms with Crippen LogP contribution in [0, 0.1) is 36.5 Å². The molecule has 0 spiro atoms. The van der Waals surface area contributed by atoms with Crippen molar-refractivity contribution >= 4 is 35.0 Å². The zero-order valence-electron chi connectivity index (χ0n) is 28.7. The van der Waals surface area contributed by atoms with Gasteiger partial charge in [-0.15, -0.1) is 11.8 Å². The molecule has 1 aliphatic carbocycles. The average molecular weight is 686 g/mol. The van der Waals surface area contributed by atoms with Gasteiger partial charge in [-0.2, -0.15) is 0 Å². The summed E-state index contributed by atoms with van der Waals surface area (Å²) in [5.41, 5.74) is -2.01. The summed E-state index contributed by atoms with van der Waals surface area (Å²) >= 11 is 0.849. The van der Waals surface area contributed by atoms with Gasteiger partial charge in [0, 0.05) is 40.7 Å². The Morgan fingerprint density at radius 3 is 1.65 bits per heavy atom. The molecule has 1 amide bonds. The summed E-state index contributed by atoms with van der Waals surface area (Å²) in [5.74, 6) is -8.24. The molecule has 262 valence electrons. The van der Waals surface area contributed by atoms with Crippen molar-refractivity contribution in [2.24, 2.45) is 29.6 Å². The minimum Gasteiger partial charge on any atom is -0.507 e. The molecule has 9 atom stereocenters. The molecule has 4 bridgehead atoms. The molecule has 7 N–H and O–H groups in total. The predicted octanol–water partition coefficient (Wildman–Crippen LogP) is 3.75. The first-order valence-corrected chi connectivity index (χ1v) is 17.1. The molecule has 2 heterocycles. The molecular formula is C36H47NO10S. The lowest BCUT2D eigenvalue weighted by Crippen LogP contribution is -2.45. The molecule has 0 fully saturated rings. The first-order chi connectivity index (χ1) is 22.3. The fourth-order valence-electron chi connectivity index (χ4n) is 6.35. The molecule has 48 heavy (non-hydrogen) atoms. The highest BCUT2D eigenvalue weighted by Gasteiger charge is 2.42. The van der Waals surface area contributed by atoms with Gasteiger partial charge in [-0.1, -0.05) is 58.9 Å². The SMILES string of the molecule is CSC1=C2NC(=O)C(C)=CC=CC(C)C(O)C(C)C(O)C(C)C(O)C(C)C(O)C(C)C=C(C)C(=O)c3c(O)c(C)c(O)c(c3C1=O)C2=O. The van der Waals surface area contributed by atoms with Gasteiger partial charge in [-0.3, -0.25) is 19.2 Å². The molecule has 0 saturated heterocycles. The Labute approximate surface area is 285 Å². The molecule has 11 nitrogen and oxygen atoms in total. The summed E-state index contributed by atoms with van der Waals surface area (Å²) in [4.78, 5) is 54.7. The average Bonchev–Trinajstić information content (AvgIpc) is 3.05. The number of allylic oxidation sites excluding steroid dienone is 5. The van der Waals surface area contributed by atoms with Crippen LogP contribution in [0.4, 0.5) is 0 Å². The molecule has 1 aromatic carbocycles. The van der Waals surface area contributed by atoms with Crippen molar-refractivity contribution in [3.8, 4) is 11.5 Å². The van der Waals surface area contributed by atoms with Crippen molar-refractivity contribution < 1.29 is 49.8 Å². The number of hydrogen-bond acceptors (Lipinski definition) is 11. The number of Topliss-reactive ketones (excluding diaryl/α,β-unsaturated/α-hetero) is 3. The number of fused-ring (bicyclic) bond motifs is 15. The Morgan fingerprint density at radius 2 is 1.12 bits per heavy atom. The smallest absolute Gasteiger partial charge is 0.251 e. The van der Waals surface area contributed by atoms with E-state index >= 15 is 0 Å². The highest BCUT2D eigenvalue weighted by atomic mass is 32.2. The molecule has 9 unspecified atom stereocenters. The van der Waals surface area contributed by atoms with E-state index in [-0.39, 0.29) is 21.6 Å². The van der Waals surface area contributed by atoms with Crippen LogP contribution in [-0.4, -0.2) is 84.6 Å². The summed E-state index contributed by atoms with van der Waals surface area (Å²) in [6.07, 6.45) is 2.92. The normalized spacial score (nSPS) is 31.5.